The zero-order chi connectivity index (χ0) is 17.1. The van der Waals surface area contributed by atoms with Crippen molar-refractivity contribution in [1.29, 1.82) is 0 Å². The minimum atomic E-state index is -0.570. The Bertz CT molecular complexity index is 774. The number of ether oxygens (including phenoxy) is 2. The average molecular weight is 347 g/mol. The number of nitrogens with two attached hydrogens (primary N) is 1. The lowest BCUT2D eigenvalue weighted by molar-refractivity contribution is -0.116. The molecule has 126 valence electrons. The highest BCUT2D eigenvalue weighted by molar-refractivity contribution is 7.14. The molecule has 1 aliphatic rings. The Morgan fingerprint density at radius 1 is 1.21 bits per heavy atom. The fourth-order valence-electron chi connectivity index (χ4n) is 2.27. The zero-order valence-electron chi connectivity index (χ0n) is 13.0. The van der Waals surface area contributed by atoms with Gasteiger partial charge in [-0.1, -0.05) is 0 Å². The zero-order valence-corrected chi connectivity index (χ0v) is 13.8. The van der Waals surface area contributed by atoms with E-state index in [9.17, 15) is 9.59 Å². The van der Waals surface area contributed by atoms with Gasteiger partial charge in [0.25, 0.3) is 5.91 Å². The summed E-state index contributed by atoms with van der Waals surface area (Å²) in [5.41, 5.74) is 6.32. The molecule has 1 unspecified atom stereocenters. The molecule has 1 aromatic carbocycles. The van der Waals surface area contributed by atoms with E-state index in [4.69, 9.17) is 15.2 Å². The number of hydrogen-bond acceptors (Lipinski definition) is 6. The largest absolute Gasteiger partial charge is 0.486 e. The van der Waals surface area contributed by atoms with Crippen molar-refractivity contribution in [3.8, 4) is 11.5 Å². The van der Waals surface area contributed by atoms with Crippen molar-refractivity contribution in [2.75, 3.05) is 23.8 Å². The maximum absolute atomic E-state index is 12.3. The molecule has 0 fully saturated rings. The van der Waals surface area contributed by atoms with Crippen LogP contribution in [0.2, 0.25) is 0 Å². The maximum Gasteiger partial charge on any atom is 0.251 e. The van der Waals surface area contributed by atoms with Crippen LogP contribution in [0.3, 0.4) is 0 Å². The number of carbonyl (C=O) groups is 2. The fourth-order valence-corrected chi connectivity index (χ4v) is 3.06. The Morgan fingerprint density at radius 2 is 1.96 bits per heavy atom. The van der Waals surface area contributed by atoms with Crippen LogP contribution < -0.4 is 25.8 Å². The normalized spacial score (nSPS) is 13.9. The second-order valence-electron chi connectivity index (χ2n) is 5.24. The molecular formula is C16H17N3O4S. The number of thiophene rings is 1. The van der Waals surface area contributed by atoms with Gasteiger partial charge in [0.15, 0.2) is 11.5 Å². The van der Waals surface area contributed by atoms with Gasteiger partial charge in [-0.15, -0.1) is 11.3 Å². The minimum Gasteiger partial charge on any atom is -0.486 e. The quantitative estimate of drug-likeness (QED) is 0.768. The van der Waals surface area contributed by atoms with Crippen LogP contribution in [0.4, 0.5) is 10.7 Å². The number of amides is 2. The third-order valence-electron chi connectivity index (χ3n) is 3.49. The summed E-state index contributed by atoms with van der Waals surface area (Å²) in [5.74, 6) is 0.496. The first-order chi connectivity index (χ1) is 11.5. The molecule has 0 spiro atoms. The van der Waals surface area contributed by atoms with E-state index in [1.165, 1.54) is 11.3 Å². The Labute approximate surface area is 142 Å². The van der Waals surface area contributed by atoms with Gasteiger partial charge in [0.2, 0.25) is 5.91 Å². The molecule has 7 nitrogen and oxygen atoms in total. The highest BCUT2D eigenvalue weighted by Gasteiger charge is 2.18. The molecule has 1 aromatic heterocycles. The van der Waals surface area contributed by atoms with E-state index in [1.807, 2.05) is 6.07 Å². The van der Waals surface area contributed by atoms with Crippen molar-refractivity contribution >= 4 is 33.8 Å². The lowest BCUT2D eigenvalue weighted by atomic mass is 10.2. The Hall–Kier alpha value is -2.74. The van der Waals surface area contributed by atoms with Crippen LogP contribution >= 0.6 is 11.3 Å². The van der Waals surface area contributed by atoms with E-state index >= 15 is 0 Å². The Morgan fingerprint density at radius 3 is 2.71 bits per heavy atom. The highest BCUT2D eigenvalue weighted by Crippen LogP contribution is 2.32. The van der Waals surface area contributed by atoms with Gasteiger partial charge in [-0.2, -0.15) is 0 Å². The number of nitrogens with one attached hydrogen (secondary N) is 2. The summed E-state index contributed by atoms with van der Waals surface area (Å²) >= 11 is 1.25. The molecule has 2 heterocycles. The molecule has 0 saturated heterocycles. The molecular weight excluding hydrogens is 330 g/mol. The molecule has 8 heteroatoms. The Kier molecular flexibility index (Phi) is 4.57. The highest BCUT2D eigenvalue weighted by atomic mass is 32.1. The van der Waals surface area contributed by atoms with Gasteiger partial charge < -0.3 is 25.8 Å². The molecule has 3 rings (SSSR count). The SMILES string of the molecule is CC(Nc1ccc2c(c1)OCCO2)C(=O)Nc1sccc1C(N)=O. The number of rotatable bonds is 5. The molecule has 2 amide bonds. The third-order valence-corrected chi connectivity index (χ3v) is 4.32. The summed E-state index contributed by atoms with van der Waals surface area (Å²) in [6, 6.07) is 6.47. The lowest BCUT2D eigenvalue weighted by Gasteiger charge is -2.20. The summed E-state index contributed by atoms with van der Waals surface area (Å²) in [7, 11) is 0. The predicted molar refractivity (Wildman–Crippen MR) is 92.0 cm³/mol. The second kappa shape index (κ2) is 6.79. The van der Waals surface area contributed by atoms with Crippen LogP contribution in [0.1, 0.15) is 17.3 Å². The standard InChI is InChI=1S/C16H17N3O4S/c1-9(15(21)19-16-11(14(17)20)4-7-24-16)18-10-2-3-12-13(8-10)23-6-5-22-12/h2-4,7-9,18H,5-6H2,1H3,(H2,17,20)(H,19,21). The first-order valence-electron chi connectivity index (χ1n) is 7.39. The summed E-state index contributed by atoms with van der Waals surface area (Å²) in [6.45, 7) is 2.76. The van der Waals surface area contributed by atoms with Crippen LogP contribution in [0.15, 0.2) is 29.6 Å². The first kappa shape index (κ1) is 16.1. The number of fused-ring (bicyclic) bond motifs is 1. The Balaban J connectivity index is 1.66. The van der Waals surface area contributed by atoms with Gasteiger partial charge in [0.1, 0.15) is 24.3 Å². The van der Waals surface area contributed by atoms with E-state index < -0.39 is 11.9 Å². The van der Waals surface area contributed by atoms with E-state index in [1.54, 1.807) is 30.5 Å². The van der Waals surface area contributed by atoms with Crippen LogP contribution in [0.5, 0.6) is 11.5 Å². The van der Waals surface area contributed by atoms with Crippen molar-refractivity contribution in [3.63, 3.8) is 0 Å². The monoisotopic (exact) mass is 347 g/mol. The number of anilines is 2. The van der Waals surface area contributed by atoms with Crippen molar-refractivity contribution < 1.29 is 19.1 Å². The smallest absolute Gasteiger partial charge is 0.251 e. The van der Waals surface area contributed by atoms with Crippen LogP contribution in [-0.4, -0.2) is 31.1 Å². The van der Waals surface area contributed by atoms with Gasteiger partial charge >= 0.3 is 0 Å². The molecule has 4 N–H and O–H groups in total. The van der Waals surface area contributed by atoms with E-state index in [-0.39, 0.29) is 5.91 Å². The van der Waals surface area contributed by atoms with Crippen LogP contribution in [0.25, 0.3) is 0 Å². The number of carbonyl (C=O) groups excluding carboxylic acids is 2. The molecule has 0 aliphatic carbocycles. The molecule has 24 heavy (non-hydrogen) atoms. The van der Waals surface area contributed by atoms with E-state index in [0.29, 0.717) is 35.3 Å². The third kappa shape index (κ3) is 3.43. The molecule has 0 bridgehead atoms. The number of primary amides is 1. The van der Waals surface area contributed by atoms with E-state index in [2.05, 4.69) is 10.6 Å². The molecule has 2 aromatic rings. The van der Waals surface area contributed by atoms with Crippen molar-refractivity contribution in [3.05, 3.63) is 35.2 Å². The fraction of sp³-hybridized carbons (Fsp3) is 0.250. The minimum absolute atomic E-state index is 0.269. The first-order valence-corrected chi connectivity index (χ1v) is 8.27. The average Bonchev–Trinajstić information content (AvgIpc) is 3.03. The van der Waals surface area contributed by atoms with Crippen molar-refractivity contribution in [2.24, 2.45) is 5.73 Å². The van der Waals surface area contributed by atoms with Crippen LogP contribution in [0, 0.1) is 0 Å². The second-order valence-corrected chi connectivity index (χ2v) is 6.16. The summed E-state index contributed by atoms with van der Waals surface area (Å²) in [6.07, 6.45) is 0. The van der Waals surface area contributed by atoms with Crippen molar-refractivity contribution in [1.82, 2.24) is 0 Å². The molecule has 0 saturated carbocycles. The lowest BCUT2D eigenvalue weighted by Crippen LogP contribution is -2.32. The van der Waals surface area contributed by atoms with Crippen molar-refractivity contribution in [2.45, 2.75) is 13.0 Å². The summed E-state index contributed by atoms with van der Waals surface area (Å²) in [4.78, 5) is 23.6. The molecule has 1 atom stereocenters. The van der Waals surface area contributed by atoms with Gasteiger partial charge in [-0.3, -0.25) is 9.59 Å². The molecule has 1 aliphatic heterocycles. The van der Waals surface area contributed by atoms with E-state index in [0.717, 1.165) is 5.69 Å². The summed E-state index contributed by atoms with van der Waals surface area (Å²) < 4.78 is 11.0. The predicted octanol–water partition coefficient (Wildman–Crippen LogP) is 2.06. The van der Waals surface area contributed by atoms with Gasteiger partial charge in [0.05, 0.1) is 5.56 Å². The maximum atomic E-state index is 12.3. The number of hydrogen-bond donors (Lipinski definition) is 3. The summed E-state index contributed by atoms with van der Waals surface area (Å²) in [5, 5.41) is 7.96. The number of benzene rings is 1. The van der Waals surface area contributed by atoms with Gasteiger partial charge in [0, 0.05) is 11.8 Å². The van der Waals surface area contributed by atoms with Crippen LogP contribution in [-0.2, 0) is 4.79 Å². The van der Waals surface area contributed by atoms with Gasteiger partial charge in [-0.25, -0.2) is 0 Å². The van der Waals surface area contributed by atoms with Gasteiger partial charge in [-0.05, 0) is 30.5 Å². The topological polar surface area (TPSA) is 103 Å². The molecule has 0 radical (unpaired) electrons.